The van der Waals surface area contributed by atoms with E-state index in [-0.39, 0.29) is 11.8 Å². The number of aryl methyl sites for hydroxylation is 1. The molecule has 0 radical (unpaired) electrons. The van der Waals surface area contributed by atoms with Crippen molar-refractivity contribution in [1.29, 1.82) is 0 Å². The lowest BCUT2D eigenvalue weighted by atomic mass is 10.1. The minimum Gasteiger partial charge on any atom is -0.271 e. The van der Waals surface area contributed by atoms with E-state index in [0.29, 0.717) is 6.42 Å². The number of aromatic nitrogens is 1. The highest BCUT2D eigenvalue weighted by Crippen LogP contribution is 2.13. The molecule has 3 N–H and O–H groups in total. The van der Waals surface area contributed by atoms with E-state index in [1.807, 2.05) is 12.3 Å². The van der Waals surface area contributed by atoms with E-state index in [0.717, 1.165) is 23.5 Å². The Morgan fingerprint density at radius 3 is 2.76 bits per heavy atom. The number of thiazole rings is 1. The smallest absolute Gasteiger partial charge is 0.147 e. The zero-order chi connectivity index (χ0) is 12.9. The van der Waals surface area contributed by atoms with Gasteiger partial charge in [-0.15, -0.1) is 11.3 Å². The number of hydrogen-bond acceptors (Lipinski definition) is 6. The lowest BCUT2D eigenvalue weighted by molar-refractivity contribution is 0.484. The van der Waals surface area contributed by atoms with Gasteiger partial charge >= 0.3 is 0 Å². The molecule has 0 bridgehead atoms. The minimum absolute atomic E-state index is 0.0855. The fourth-order valence-corrected chi connectivity index (χ4v) is 3.09. The third kappa shape index (κ3) is 6.11. The highest BCUT2D eigenvalue weighted by Gasteiger charge is 2.11. The van der Waals surface area contributed by atoms with Crippen molar-refractivity contribution in [1.82, 2.24) is 10.4 Å². The van der Waals surface area contributed by atoms with Crippen LogP contribution in [-0.2, 0) is 16.3 Å². The Kier molecular flexibility index (Phi) is 5.51. The van der Waals surface area contributed by atoms with Crippen LogP contribution >= 0.6 is 11.3 Å². The molecule has 0 aliphatic carbocycles. The van der Waals surface area contributed by atoms with Crippen LogP contribution in [0.4, 0.5) is 0 Å². The molecule has 1 atom stereocenters. The number of sulfone groups is 1. The summed E-state index contributed by atoms with van der Waals surface area (Å²) in [5.41, 5.74) is 3.73. The van der Waals surface area contributed by atoms with E-state index >= 15 is 0 Å². The molecule has 98 valence electrons. The van der Waals surface area contributed by atoms with Gasteiger partial charge in [-0.2, -0.15) is 0 Å². The van der Waals surface area contributed by atoms with Crippen molar-refractivity contribution in [3.05, 3.63) is 16.1 Å². The van der Waals surface area contributed by atoms with Crippen molar-refractivity contribution in [2.24, 2.45) is 5.84 Å². The van der Waals surface area contributed by atoms with Crippen LogP contribution in [0.25, 0.3) is 0 Å². The maximum Gasteiger partial charge on any atom is 0.147 e. The molecule has 1 rings (SSSR count). The van der Waals surface area contributed by atoms with Crippen LogP contribution in [-0.4, -0.2) is 31.5 Å². The van der Waals surface area contributed by atoms with E-state index < -0.39 is 9.84 Å². The quantitative estimate of drug-likeness (QED) is 0.564. The average molecular weight is 277 g/mol. The van der Waals surface area contributed by atoms with Gasteiger partial charge in [0.1, 0.15) is 9.84 Å². The summed E-state index contributed by atoms with van der Waals surface area (Å²) in [6, 6.07) is 0.0855. The standard InChI is InChI=1S/C10H19N3O2S2/c1-8-7-16-10(12-8)6-9(13-11)4-3-5-17(2,14)15/h7,9,13H,3-6,11H2,1-2H3. The molecule has 1 unspecified atom stereocenters. The number of nitrogens with one attached hydrogen (secondary N) is 1. The van der Waals surface area contributed by atoms with Crippen molar-refractivity contribution in [3.8, 4) is 0 Å². The van der Waals surface area contributed by atoms with Crippen LogP contribution < -0.4 is 11.3 Å². The zero-order valence-electron chi connectivity index (χ0n) is 10.1. The average Bonchev–Trinajstić information content (AvgIpc) is 2.60. The molecule has 0 spiro atoms. The van der Waals surface area contributed by atoms with Gasteiger partial charge in [-0.1, -0.05) is 0 Å². The Balaban J connectivity index is 2.39. The van der Waals surface area contributed by atoms with Crippen LogP contribution in [0, 0.1) is 6.92 Å². The third-order valence-electron chi connectivity index (χ3n) is 2.39. The van der Waals surface area contributed by atoms with Crippen LogP contribution in [0.1, 0.15) is 23.5 Å². The van der Waals surface area contributed by atoms with E-state index in [9.17, 15) is 8.42 Å². The van der Waals surface area contributed by atoms with E-state index in [4.69, 9.17) is 5.84 Å². The number of hydrogen-bond donors (Lipinski definition) is 2. The lowest BCUT2D eigenvalue weighted by Gasteiger charge is -2.13. The van der Waals surface area contributed by atoms with Gasteiger partial charge in [0.25, 0.3) is 0 Å². The summed E-state index contributed by atoms with van der Waals surface area (Å²) in [6.45, 7) is 1.95. The summed E-state index contributed by atoms with van der Waals surface area (Å²) >= 11 is 1.61. The van der Waals surface area contributed by atoms with Crippen LogP contribution in [0.5, 0.6) is 0 Å². The first-order valence-corrected chi connectivity index (χ1v) is 8.39. The molecule has 0 aliphatic rings. The van der Waals surface area contributed by atoms with Crippen molar-refractivity contribution in [3.63, 3.8) is 0 Å². The molecule has 17 heavy (non-hydrogen) atoms. The second-order valence-corrected chi connectivity index (χ2v) is 7.42. The fraction of sp³-hybridized carbons (Fsp3) is 0.700. The predicted molar refractivity (Wildman–Crippen MR) is 70.6 cm³/mol. The van der Waals surface area contributed by atoms with Gasteiger partial charge in [0.15, 0.2) is 0 Å². The van der Waals surface area contributed by atoms with Gasteiger partial charge in [0.05, 0.1) is 5.01 Å². The van der Waals surface area contributed by atoms with Crippen molar-refractivity contribution in [2.45, 2.75) is 32.2 Å². The minimum atomic E-state index is -2.88. The lowest BCUT2D eigenvalue weighted by Crippen LogP contribution is -2.37. The molecule has 0 aromatic carbocycles. The number of nitrogens with zero attached hydrogens (tertiary/aromatic N) is 1. The van der Waals surface area contributed by atoms with E-state index in [2.05, 4.69) is 10.4 Å². The Hall–Kier alpha value is -0.500. The SMILES string of the molecule is Cc1csc(CC(CCCS(C)(=O)=O)NN)n1. The second kappa shape index (κ2) is 6.44. The molecule has 0 aliphatic heterocycles. The number of nitrogens with two attached hydrogens (primary N) is 1. The fourth-order valence-electron chi connectivity index (χ4n) is 1.54. The zero-order valence-corrected chi connectivity index (χ0v) is 11.8. The molecule has 5 nitrogen and oxygen atoms in total. The van der Waals surface area contributed by atoms with Gasteiger partial charge < -0.3 is 0 Å². The van der Waals surface area contributed by atoms with Crippen LogP contribution in [0.2, 0.25) is 0 Å². The topological polar surface area (TPSA) is 85.1 Å². The van der Waals surface area contributed by atoms with Gasteiger partial charge in [0.2, 0.25) is 0 Å². The third-order valence-corrected chi connectivity index (χ3v) is 4.41. The summed E-state index contributed by atoms with van der Waals surface area (Å²) < 4.78 is 22.0. The Morgan fingerprint density at radius 1 is 1.59 bits per heavy atom. The highest BCUT2D eigenvalue weighted by atomic mass is 32.2. The first kappa shape index (κ1) is 14.6. The Morgan fingerprint density at radius 2 is 2.29 bits per heavy atom. The highest BCUT2D eigenvalue weighted by molar-refractivity contribution is 7.90. The molecular formula is C10H19N3O2S2. The second-order valence-electron chi connectivity index (χ2n) is 4.22. The van der Waals surface area contributed by atoms with Crippen LogP contribution in [0.3, 0.4) is 0 Å². The normalized spacial score (nSPS) is 13.8. The van der Waals surface area contributed by atoms with Gasteiger partial charge in [-0.05, 0) is 19.8 Å². The van der Waals surface area contributed by atoms with E-state index in [1.165, 1.54) is 6.26 Å². The summed E-state index contributed by atoms with van der Waals surface area (Å²) in [4.78, 5) is 4.36. The van der Waals surface area contributed by atoms with Crippen molar-refractivity contribution in [2.75, 3.05) is 12.0 Å². The molecule has 1 aromatic rings. The Bertz CT molecular complexity index is 442. The Labute approximate surface area is 106 Å². The van der Waals surface area contributed by atoms with Gasteiger partial charge in [-0.25, -0.2) is 13.4 Å². The van der Waals surface area contributed by atoms with E-state index in [1.54, 1.807) is 11.3 Å². The summed E-state index contributed by atoms with van der Waals surface area (Å²) in [5, 5.41) is 3.03. The number of rotatable bonds is 7. The first-order valence-electron chi connectivity index (χ1n) is 5.45. The maximum absolute atomic E-state index is 11.0. The summed E-state index contributed by atoms with van der Waals surface area (Å²) in [7, 11) is -2.88. The monoisotopic (exact) mass is 277 g/mol. The summed E-state index contributed by atoms with van der Waals surface area (Å²) in [5.74, 6) is 5.67. The largest absolute Gasteiger partial charge is 0.271 e. The van der Waals surface area contributed by atoms with Crippen molar-refractivity contribution >= 4 is 21.2 Å². The molecular weight excluding hydrogens is 258 g/mol. The van der Waals surface area contributed by atoms with Crippen LogP contribution in [0.15, 0.2) is 5.38 Å². The first-order chi connectivity index (χ1) is 7.90. The number of hydrazine groups is 1. The maximum atomic E-state index is 11.0. The molecule has 7 heteroatoms. The summed E-state index contributed by atoms with van der Waals surface area (Å²) in [6.07, 6.45) is 3.36. The molecule has 1 aromatic heterocycles. The predicted octanol–water partition coefficient (Wildman–Crippen LogP) is 0.651. The molecule has 0 fully saturated rings. The van der Waals surface area contributed by atoms with Gasteiger partial charge in [0, 0.05) is 35.5 Å². The molecule has 1 heterocycles. The molecule has 0 amide bonds. The molecule has 0 saturated heterocycles. The molecule has 0 saturated carbocycles. The van der Waals surface area contributed by atoms with Crippen molar-refractivity contribution < 1.29 is 8.42 Å². The van der Waals surface area contributed by atoms with Gasteiger partial charge in [-0.3, -0.25) is 11.3 Å².